The van der Waals surface area contributed by atoms with Gasteiger partial charge in [-0.3, -0.25) is 9.69 Å². The van der Waals surface area contributed by atoms with Gasteiger partial charge in [0, 0.05) is 26.2 Å². The summed E-state index contributed by atoms with van der Waals surface area (Å²) in [5.41, 5.74) is 0.961. The maximum atomic E-state index is 13.3. The Bertz CT molecular complexity index is 729. The van der Waals surface area contributed by atoms with Crippen LogP contribution in [0.2, 0.25) is 0 Å². The van der Waals surface area contributed by atoms with Crippen LogP contribution in [0.15, 0.2) is 36.9 Å². The van der Waals surface area contributed by atoms with Gasteiger partial charge in [0.1, 0.15) is 18.5 Å². The Labute approximate surface area is 146 Å². The number of halogens is 1. The molecular formula is C18H22FN5O. The lowest BCUT2D eigenvalue weighted by Gasteiger charge is -2.42. The van der Waals surface area contributed by atoms with Gasteiger partial charge in [-0.15, -0.1) is 0 Å². The van der Waals surface area contributed by atoms with Crippen LogP contribution in [-0.4, -0.2) is 56.7 Å². The summed E-state index contributed by atoms with van der Waals surface area (Å²) in [5.74, 6) is 0.0705. The molecular weight excluding hydrogens is 321 g/mol. The van der Waals surface area contributed by atoms with Crippen molar-refractivity contribution >= 4 is 5.91 Å². The minimum Gasteiger partial charge on any atom is -0.338 e. The minimum atomic E-state index is -0.207. The summed E-state index contributed by atoms with van der Waals surface area (Å²) in [6.45, 7) is 3.83. The van der Waals surface area contributed by atoms with E-state index >= 15 is 0 Å². The van der Waals surface area contributed by atoms with Crippen molar-refractivity contribution in [2.75, 3.05) is 26.2 Å². The van der Waals surface area contributed by atoms with Gasteiger partial charge in [-0.25, -0.2) is 14.1 Å². The van der Waals surface area contributed by atoms with Crippen LogP contribution in [0.3, 0.4) is 0 Å². The van der Waals surface area contributed by atoms with E-state index in [1.807, 2.05) is 15.6 Å². The molecule has 4 rings (SSSR count). The van der Waals surface area contributed by atoms with E-state index < -0.39 is 0 Å². The fourth-order valence-electron chi connectivity index (χ4n) is 3.76. The van der Waals surface area contributed by atoms with Crippen LogP contribution in [-0.2, 0) is 11.3 Å². The summed E-state index contributed by atoms with van der Waals surface area (Å²) in [7, 11) is 0. The number of carbonyl (C=O) groups is 1. The summed E-state index contributed by atoms with van der Waals surface area (Å²) in [6, 6.07) is 6.96. The number of amides is 1. The second-order valence-electron chi connectivity index (χ2n) is 6.98. The first kappa shape index (κ1) is 16.2. The summed E-state index contributed by atoms with van der Waals surface area (Å²) < 4.78 is 15.2. The van der Waals surface area contributed by atoms with Gasteiger partial charge in [0.2, 0.25) is 5.91 Å². The third-order valence-electron chi connectivity index (χ3n) is 5.13. The number of hydrogen-bond donors (Lipinski definition) is 0. The smallest absolute Gasteiger partial charge is 0.227 e. The number of aromatic nitrogens is 3. The highest BCUT2D eigenvalue weighted by molar-refractivity contribution is 5.80. The van der Waals surface area contributed by atoms with Crippen molar-refractivity contribution in [3.63, 3.8) is 0 Å². The molecule has 1 amide bonds. The summed E-state index contributed by atoms with van der Waals surface area (Å²) in [6.07, 6.45) is 5.17. The molecule has 132 valence electrons. The zero-order valence-corrected chi connectivity index (χ0v) is 14.1. The van der Waals surface area contributed by atoms with Crippen LogP contribution < -0.4 is 0 Å². The highest BCUT2D eigenvalue weighted by Gasteiger charge is 2.37. The van der Waals surface area contributed by atoms with Crippen molar-refractivity contribution in [3.8, 4) is 0 Å². The molecule has 1 unspecified atom stereocenters. The minimum absolute atomic E-state index is 0.0407. The van der Waals surface area contributed by atoms with Crippen LogP contribution in [0.4, 0.5) is 4.39 Å². The molecule has 2 aliphatic heterocycles. The highest BCUT2D eigenvalue weighted by atomic mass is 19.1. The van der Waals surface area contributed by atoms with Gasteiger partial charge in [-0.05, 0) is 37.1 Å². The lowest BCUT2D eigenvalue weighted by Crippen LogP contribution is -2.54. The van der Waals surface area contributed by atoms with E-state index in [1.54, 1.807) is 18.5 Å². The number of rotatable bonds is 4. The van der Waals surface area contributed by atoms with E-state index in [1.165, 1.54) is 12.4 Å². The van der Waals surface area contributed by atoms with Crippen molar-refractivity contribution in [2.45, 2.75) is 25.4 Å². The molecule has 2 fully saturated rings. The van der Waals surface area contributed by atoms with Crippen LogP contribution in [0.25, 0.3) is 0 Å². The van der Waals surface area contributed by atoms with Gasteiger partial charge in [0.25, 0.3) is 0 Å². The zero-order chi connectivity index (χ0) is 17.2. The van der Waals surface area contributed by atoms with E-state index in [0.29, 0.717) is 19.6 Å². The maximum absolute atomic E-state index is 13.3. The SMILES string of the molecule is O=C(C1CCCN(Cc2cccc(F)c2)C1)N1CC(n2cncn2)C1. The molecule has 25 heavy (non-hydrogen) atoms. The second-order valence-corrected chi connectivity index (χ2v) is 6.98. The lowest BCUT2D eigenvalue weighted by molar-refractivity contribution is -0.143. The van der Waals surface area contributed by atoms with Crippen LogP contribution >= 0.6 is 0 Å². The largest absolute Gasteiger partial charge is 0.338 e. The van der Waals surface area contributed by atoms with Crippen LogP contribution in [0, 0.1) is 11.7 Å². The maximum Gasteiger partial charge on any atom is 0.227 e. The normalized spacial score (nSPS) is 22.0. The van der Waals surface area contributed by atoms with Crippen molar-refractivity contribution < 1.29 is 9.18 Å². The fraction of sp³-hybridized carbons (Fsp3) is 0.500. The molecule has 6 nitrogen and oxygen atoms in total. The lowest BCUT2D eigenvalue weighted by atomic mass is 9.94. The second kappa shape index (κ2) is 6.92. The molecule has 2 saturated heterocycles. The molecule has 0 spiro atoms. The van der Waals surface area contributed by atoms with Crippen molar-refractivity contribution in [1.29, 1.82) is 0 Å². The number of hydrogen-bond acceptors (Lipinski definition) is 4. The molecule has 0 radical (unpaired) electrons. The van der Waals surface area contributed by atoms with Crippen molar-refractivity contribution in [3.05, 3.63) is 48.3 Å². The molecule has 7 heteroatoms. The molecule has 2 aromatic rings. The first-order chi connectivity index (χ1) is 12.2. The standard InChI is InChI=1S/C18H22FN5O/c19-16-5-1-3-14(7-16)8-22-6-2-4-15(9-22)18(25)23-10-17(11-23)24-13-20-12-21-24/h1,3,5,7,12-13,15,17H,2,4,6,8-11H2. The Morgan fingerprint density at radius 1 is 1.28 bits per heavy atom. The van der Waals surface area contributed by atoms with E-state index in [4.69, 9.17) is 0 Å². The number of carbonyl (C=O) groups excluding carboxylic acids is 1. The molecule has 0 aliphatic carbocycles. The Kier molecular flexibility index (Phi) is 4.48. The topological polar surface area (TPSA) is 54.3 Å². The number of likely N-dealkylation sites (tertiary alicyclic amines) is 2. The average molecular weight is 343 g/mol. The van der Waals surface area contributed by atoms with Gasteiger partial charge in [0.05, 0.1) is 12.0 Å². The van der Waals surface area contributed by atoms with Crippen LogP contribution in [0.1, 0.15) is 24.4 Å². The molecule has 0 bridgehead atoms. The molecule has 0 saturated carbocycles. The van der Waals surface area contributed by atoms with E-state index in [0.717, 1.165) is 31.5 Å². The quantitative estimate of drug-likeness (QED) is 0.848. The van der Waals surface area contributed by atoms with Crippen molar-refractivity contribution in [2.24, 2.45) is 5.92 Å². The zero-order valence-electron chi connectivity index (χ0n) is 14.1. The first-order valence-corrected chi connectivity index (χ1v) is 8.79. The summed E-state index contributed by atoms with van der Waals surface area (Å²) >= 11 is 0. The van der Waals surface area contributed by atoms with Gasteiger partial charge in [-0.2, -0.15) is 5.10 Å². The van der Waals surface area contributed by atoms with E-state index in [2.05, 4.69) is 15.0 Å². The molecule has 1 aromatic carbocycles. The number of nitrogens with zero attached hydrogens (tertiary/aromatic N) is 5. The Balaban J connectivity index is 1.31. The first-order valence-electron chi connectivity index (χ1n) is 8.79. The van der Waals surface area contributed by atoms with Gasteiger partial charge < -0.3 is 4.90 Å². The van der Waals surface area contributed by atoms with Gasteiger partial charge in [-0.1, -0.05) is 12.1 Å². The monoisotopic (exact) mass is 343 g/mol. The third-order valence-corrected chi connectivity index (χ3v) is 5.13. The molecule has 3 heterocycles. The highest BCUT2D eigenvalue weighted by Crippen LogP contribution is 2.26. The van der Waals surface area contributed by atoms with Gasteiger partial charge >= 0.3 is 0 Å². The molecule has 0 N–H and O–H groups in total. The molecule has 1 atom stereocenters. The number of piperidine rings is 1. The number of benzene rings is 1. The van der Waals surface area contributed by atoms with Crippen LogP contribution in [0.5, 0.6) is 0 Å². The van der Waals surface area contributed by atoms with E-state index in [9.17, 15) is 9.18 Å². The Hall–Kier alpha value is -2.28. The predicted molar refractivity (Wildman–Crippen MR) is 90.0 cm³/mol. The van der Waals surface area contributed by atoms with E-state index in [-0.39, 0.29) is 23.7 Å². The summed E-state index contributed by atoms with van der Waals surface area (Å²) in [5, 5.41) is 4.14. The Morgan fingerprint density at radius 3 is 2.92 bits per heavy atom. The Morgan fingerprint density at radius 2 is 2.16 bits per heavy atom. The van der Waals surface area contributed by atoms with Gasteiger partial charge in [0.15, 0.2) is 0 Å². The molecule has 2 aliphatic rings. The van der Waals surface area contributed by atoms with Crippen molar-refractivity contribution in [1.82, 2.24) is 24.6 Å². The molecule has 1 aromatic heterocycles. The summed E-state index contributed by atoms with van der Waals surface area (Å²) in [4.78, 5) is 20.9. The average Bonchev–Trinajstić information content (AvgIpc) is 3.08. The fourth-order valence-corrected chi connectivity index (χ4v) is 3.76. The predicted octanol–water partition coefficient (Wildman–Crippen LogP) is 1.71. The third kappa shape index (κ3) is 3.56.